The maximum Gasteiger partial charge on any atom is 0.330 e. The lowest BCUT2D eigenvalue weighted by Gasteiger charge is -2.44. The zero-order valence-corrected chi connectivity index (χ0v) is 19.6. The molecule has 0 bridgehead atoms. The van der Waals surface area contributed by atoms with Crippen molar-refractivity contribution in [1.82, 2.24) is 10.2 Å². The Bertz CT molecular complexity index is 1110. The number of aryl methyl sites for hydroxylation is 1. The van der Waals surface area contributed by atoms with Crippen LogP contribution >= 0.6 is 11.8 Å². The number of fused-ring (bicyclic) bond motifs is 1. The Balaban J connectivity index is 1.33. The normalized spacial score (nSPS) is 22.5. The number of thioether (sulfide) groups is 1. The van der Waals surface area contributed by atoms with Crippen LogP contribution in [0.15, 0.2) is 54.6 Å². The fourth-order valence-corrected chi connectivity index (χ4v) is 5.84. The van der Waals surface area contributed by atoms with E-state index >= 15 is 0 Å². The van der Waals surface area contributed by atoms with E-state index in [0.29, 0.717) is 12.0 Å². The maximum atomic E-state index is 12.9. The number of nitrogens with one attached hydrogen (secondary N) is 1. The van der Waals surface area contributed by atoms with Crippen LogP contribution in [-0.2, 0) is 32.1 Å². The molecular weight excluding hydrogens is 458 g/mol. The molecule has 2 saturated heterocycles. The van der Waals surface area contributed by atoms with Gasteiger partial charge >= 0.3 is 5.97 Å². The molecule has 0 saturated carbocycles. The fraction of sp³-hybridized carbons (Fsp3) is 0.375. The third-order valence-corrected chi connectivity index (χ3v) is 7.56. The number of amides is 2. The first-order valence-corrected chi connectivity index (χ1v) is 11.8. The van der Waals surface area contributed by atoms with Gasteiger partial charge in [0.15, 0.2) is 0 Å². The molecule has 0 spiro atoms. The number of rotatable bonds is 8. The second-order valence-electron chi connectivity index (χ2n) is 8.82. The van der Waals surface area contributed by atoms with Gasteiger partial charge in [-0.1, -0.05) is 30.3 Å². The van der Waals surface area contributed by atoms with Crippen LogP contribution in [0.2, 0.25) is 0 Å². The predicted octanol–water partition coefficient (Wildman–Crippen LogP) is 2.82. The van der Waals surface area contributed by atoms with Gasteiger partial charge in [-0.25, -0.2) is 4.79 Å². The lowest BCUT2D eigenvalue weighted by molar-refractivity contribution is -0.384. The van der Waals surface area contributed by atoms with Crippen LogP contribution < -0.4 is 5.32 Å². The number of nitrogens with zero attached hydrogens (tertiary/aromatic N) is 2. The van der Waals surface area contributed by atoms with Crippen molar-refractivity contribution < 1.29 is 24.0 Å². The SMILES string of the molecule is CC1(C)S[C@@H]2C(NC(=O)CCc3ccccc3)C(=O)N2C1C(=O)OCc1ccc([N+](=O)[O-])cc1. The van der Waals surface area contributed by atoms with Crippen molar-refractivity contribution in [3.63, 3.8) is 0 Å². The molecule has 34 heavy (non-hydrogen) atoms. The third-order valence-electron chi connectivity index (χ3n) is 5.99. The predicted molar refractivity (Wildman–Crippen MR) is 126 cm³/mol. The van der Waals surface area contributed by atoms with Gasteiger partial charge in [-0.15, -0.1) is 11.8 Å². The highest BCUT2D eigenvalue weighted by atomic mass is 32.2. The molecule has 3 atom stereocenters. The van der Waals surface area contributed by atoms with Crippen LogP contribution in [0.3, 0.4) is 0 Å². The van der Waals surface area contributed by atoms with Crippen molar-refractivity contribution in [2.45, 2.75) is 55.5 Å². The summed E-state index contributed by atoms with van der Waals surface area (Å²) in [5.74, 6) is -1.04. The minimum absolute atomic E-state index is 0.0470. The summed E-state index contributed by atoms with van der Waals surface area (Å²) < 4.78 is 4.85. The van der Waals surface area contributed by atoms with Gasteiger partial charge in [0.2, 0.25) is 11.8 Å². The zero-order chi connectivity index (χ0) is 24.5. The number of β-lactam (4-membered cyclic amide) rings is 1. The van der Waals surface area contributed by atoms with E-state index in [4.69, 9.17) is 4.74 Å². The standard InChI is InChI=1S/C24H25N3O6S/c1-24(2)20(23(30)33-14-16-8-11-17(12-9-16)27(31)32)26-21(29)19(22(26)34-24)25-18(28)13-10-15-6-4-3-5-7-15/h3-9,11-12,19-20,22H,10,13-14H2,1-2H3,(H,25,28)/t19?,20?,22-/m1/s1. The molecule has 2 aliphatic rings. The van der Waals surface area contributed by atoms with Gasteiger partial charge in [0.1, 0.15) is 24.1 Å². The second kappa shape index (κ2) is 9.46. The van der Waals surface area contributed by atoms with Crippen molar-refractivity contribution in [3.05, 3.63) is 75.8 Å². The number of carbonyl (C=O) groups excluding carboxylic acids is 3. The average Bonchev–Trinajstić information content (AvgIpc) is 3.08. The Morgan fingerprint density at radius 3 is 2.44 bits per heavy atom. The summed E-state index contributed by atoms with van der Waals surface area (Å²) in [5, 5.41) is 13.3. The molecular formula is C24H25N3O6S. The highest BCUT2D eigenvalue weighted by molar-refractivity contribution is 8.01. The molecule has 4 rings (SSSR count). The number of ether oxygens (including phenoxy) is 1. The van der Waals surface area contributed by atoms with Crippen molar-refractivity contribution in [1.29, 1.82) is 0 Å². The number of nitro groups is 1. The van der Waals surface area contributed by atoms with Gasteiger partial charge in [0.25, 0.3) is 5.69 Å². The number of hydrogen-bond donors (Lipinski definition) is 1. The maximum absolute atomic E-state index is 12.9. The summed E-state index contributed by atoms with van der Waals surface area (Å²) in [5.41, 5.74) is 1.61. The second-order valence-corrected chi connectivity index (χ2v) is 10.6. The summed E-state index contributed by atoms with van der Waals surface area (Å²) in [6.07, 6.45) is 0.855. The Morgan fingerprint density at radius 2 is 1.79 bits per heavy atom. The largest absolute Gasteiger partial charge is 0.459 e. The van der Waals surface area contributed by atoms with E-state index < -0.39 is 27.7 Å². The molecule has 2 aromatic rings. The van der Waals surface area contributed by atoms with Gasteiger partial charge in [-0.2, -0.15) is 0 Å². The Labute approximate surface area is 201 Å². The van der Waals surface area contributed by atoms with E-state index in [9.17, 15) is 24.5 Å². The number of non-ortho nitro benzene ring substituents is 1. The number of benzene rings is 2. The summed E-state index contributed by atoms with van der Waals surface area (Å²) in [6.45, 7) is 3.69. The smallest absolute Gasteiger partial charge is 0.330 e. The zero-order valence-electron chi connectivity index (χ0n) is 18.8. The fourth-order valence-electron chi connectivity index (χ4n) is 4.22. The van der Waals surface area contributed by atoms with E-state index in [1.165, 1.54) is 40.9 Å². The van der Waals surface area contributed by atoms with Crippen LogP contribution in [0.5, 0.6) is 0 Å². The molecule has 2 unspecified atom stereocenters. The Morgan fingerprint density at radius 1 is 1.12 bits per heavy atom. The minimum Gasteiger partial charge on any atom is -0.459 e. The molecule has 0 aliphatic carbocycles. The monoisotopic (exact) mass is 483 g/mol. The topological polar surface area (TPSA) is 119 Å². The van der Waals surface area contributed by atoms with Gasteiger partial charge in [-0.3, -0.25) is 19.7 Å². The van der Waals surface area contributed by atoms with Crippen LogP contribution in [0, 0.1) is 10.1 Å². The number of esters is 1. The quantitative estimate of drug-likeness (QED) is 0.265. The summed E-state index contributed by atoms with van der Waals surface area (Å²) >= 11 is 1.46. The Kier molecular flexibility index (Phi) is 6.60. The third kappa shape index (κ3) is 4.77. The van der Waals surface area contributed by atoms with Crippen LogP contribution in [0.4, 0.5) is 5.69 Å². The minimum atomic E-state index is -0.787. The summed E-state index contributed by atoms with van der Waals surface area (Å²) in [6, 6.07) is 13.9. The van der Waals surface area contributed by atoms with Crippen molar-refractivity contribution in [2.75, 3.05) is 0 Å². The van der Waals surface area contributed by atoms with Gasteiger partial charge in [-0.05, 0) is 43.5 Å². The molecule has 0 aromatic heterocycles. The van der Waals surface area contributed by atoms with E-state index in [0.717, 1.165) is 5.56 Å². The highest BCUT2D eigenvalue weighted by Crippen LogP contribution is 2.51. The molecule has 2 aliphatic heterocycles. The van der Waals surface area contributed by atoms with Gasteiger partial charge in [0, 0.05) is 23.3 Å². The summed E-state index contributed by atoms with van der Waals surface area (Å²) in [7, 11) is 0. The van der Waals surface area contributed by atoms with Crippen molar-refractivity contribution in [2.24, 2.45) is 0 Å². The molecule has 1 N–H and O–H groups in total. The van der Waals surface area contributed by atoms with E-state index in [1.807, 2.05) is 44.2 Å². The molecule has 2 aromatic carbocycles. The van der Waals surface area contributed by atoms with Crippen LogP contribution in [0.1, 0.15) is 31.4 Å². The summed E-state index contributed by atoms with van der Waals surface area (Å²) in [4.78, 5) is 50.0. The number of carbonyl (C=O) groups is 3. The van der Waals surface area contributed by atoms with E-state index in [2.05, 4.69) is 5.32 Å². The lowest BCUT2D eigenvalue weighted by Crippen LogP contribution is -2.70. The van der Waals surface area contributed by atoms with Crippen LogP contribution in [0.25, 0.3) is 0 Å². The molecule has 2 amide bonds. The van der Waals surface area contributed by atoms with Gasteiger partial charge < -0.3 is 15.0 Å². The van der Waals surface area contributed by atoms with E-state index in [-0.39, 0.29) is 35.9 Å². The molecule has 178 valence electrons. The highest BCUT2D eigenvalue weighted by Gasteiger charge is 2.64. The van der Waals surface area contributed by atoms with Crippen molar-refractivity contribution >= 4 is 35.2 Å². The first-order chi connectivity index (χ1) is 16.2. The molecule has 10 heteroatoms. The first-order valence-electron chi connectivity index (χ1n) is 10.9. The van der Waals surface area contributed by atoms with E-state index in [1.54, 1.807) is 0 Å². The lowest BCUT2D eigenvalue weighted by atomic mass is 9.96. The average molecular weight is 484 g/mol. The Hall–Kier alpha value is -3.40. The molecule has 9 nitrogen and oxygen atoms in total. The molecule has 2 fully saturated rings. The number of nitro benzene ring substituents is 1. The first kappa shape index (κ1) is 23.7. The number of hydrogen-bond acceptors (Lipinski definition) is 7. The molecule has 0 radical (unpaired) electrons. The van der Waals surface area contributed by atoms with Crippen LogP contribution in [-0.4, -0.2) is 49.8 Å². The van der Waals surface area contributed by atoms with Crippen molar-refractivity contribution in [3.8, 4) is 0 Å². The van der Waals surface area contributed by atoms with Gasteiger partial charge in [0.05, 0.1) is 4.92 Å². The molecule has 2 heterocycles.